The Kier molecular flexibility index (Phi) is 3.95. The van der Waals surface area contributed by atoms with Crippen molar-refractivity contribution >= 4 is 5.91 Å². The summed E-state index contributed by atoms with van der Waals surface area (Å²) < 4.78 is 5.19. The third kappa shape index (κ3) is 2.97. The Balaban J connectivity index is 1.47. The van der Waals surface area contributed by atoms with Gasteiger partial charge in [0.2, 0.25) is 5.91 Å². The van der Waals surface area contributed by atoms with Crippen LogP contribution in [0, 0.1) is 17.8 Å². The average Bonchev–Trinajstić information content (AvgIpc) is 3.08. The summed E-state index contributed by atoms with van der Waals surface area (Å²) in [4.78, 5) is 12.1. The molecule has 20 heavy (non-hydrogen) atoms. The molecule has 1 aromatic rings. The van der Waals surface area contributed by atoms with Crippen molar-refractivity contribution in [2.75, 3.05) is 7.11 Å². The lowest BCUT2D eigenvalue weighted by Gasteiger charge is -2.20. The molecule has 0 unspecified atom stereocenters. The lowest BCUT2D eigenvalue weighted by Crippen LogP contribution is -2.26. The zero-order valence-corrected chi connectivity index (χ0v) is 12.1. The van der Waals surface area contributed by atoms with E-state index in [0.717, 1.165) is 23.1 Å². The quantitative estimate of drug-likeness (QED) is 0.895. The first-order valence-corrected chi connectivity index (χ1v) is 7.64. The van der Waals surface area contributed by atoms with E-state index in [-0.39, 0.29) is 5.91 Å². The van der Waals surface area contributed by atoms with Crippen molar-refractivity contribution in [2.24, 2.45) is 17.8 Å². The molecule has 1 aromatic carbocycles. The smallest absolute Gasteiger partial charge is 0.220 e. The molecule has 0 spiro atoms. The molecule has 3 rings (SSSR count). The second kappa shape index (κ2) is 5.86. The van der Waals surface area contributed by atoms with Gasteiger partial charge in [0.05, 0.1) is 7.11 Å². The molecule has 2 aliphatic rings. The standard InChI is InChI=1S/C17H23NO2/c1-20-16-4-2-3-13(9-16)11-18-17(19)10-15-8-12-5-6-14(15)7-12/h2-4,9,12,14-15H,5-8,10-11H2,1H3,(H,18,19)/t12-,14-,15-/m0/s1. The van der Waals surface area contributed by atoms with Gasteiger partial charge in [-0.3, -0.25) is 4.79 Å². The molecule has 0 saturated heterocycles. The molecular weight excluding hydrogens is 250 g/mol. The Morgan fingerprint density at radius 3 is 2.95 bits per heavy atom. The Morgan fingerprint density at radius 2 is 2.25 bits per heavy atom. The number of methoxy groups -OCH3 is 1. The summed E-state index contributed by atoms with van der Waals surface area (Å²) in [5.41, 5.74) is 1.09. The van der Waals surface area contributed by atoms with Crippen LogP contribution in [-0.4, -0.2) is 13.0 Å². The Morgan fingerprint density at radius 1 is 1.35 bits per heavy atom. The van der Waals surface area contributed by atoms with Crippen LogP contribution in [0.4, 0.5) is 0 Å². The van der Waals surface area contributed by atoms with E-state index in [2.05, 4.69) is 5.32 Å². The largest absolute Gasteiger partial charge is 0.497 e. The second-order valence-electron chi connectivity index (χ2n) is 6.27. The number of carbonyl (C=O) groups is 1. The summed E-state index contributed by atoms with van der Waals surface area (Å²) >= 11 is 0. The topological polar surface area (TPSA) is 38.3 Å². The molecule has 1 amide bonds. The first kappa shape index (κ1) is 13.5. The summed E-state index contributed by atoms with van der Waals surface area (Å²) in [5.74, 6) is 3.41. The summed E-state index contributed by atoms with van der Waals surface area (Å²) in [6.45, 7) is 0.594. The molecule has 0 aromatic heterocycles. The third-order valence-electron chi connectivity index (χ3n) is 4.96. The van der Waals surface area contributed by atoms with Crippen molar-refractivity contribution < 1.29 is 9.53 Å². The molecule has 3 atom stereocenters. The Labute approximate surface area is 120 Å². The summed E-state index contributed by atoms with van der Waals surface area (Å²) in [6.07, 6.45) is 6.10. The van der Waals surface area contributed by atoms with Crippen LogP contribution in [-0.2, 0) is 11.3 Å². The molecule has 1 N–H and O–H groups in total. The van der Waals surface area contributed by atoms with Crippen LogP contribution in [0.3, 0.4) is 0 Å². The zero-order chi connectivity index (χ0) is 13.9. The van der Waals surface area contributed by atoms with Gasteiger partial charge in [-0.05, 0) is 54.7 Å². The second-order valence-corrected chi connectivity index (χ2v) is 6.27. The highest BCUT2D eigenvalue weighted by Gasteiger charge is 2.39. The normalized spacial score (nSPS) is 27.6. The van der Waals surface area contributed by atoms with Crippen LogP contribution in [0.2, 0.25) is 0 Å². The van der Waals surface area contributed by atoms with Crippen LogP contribution in [0.25, 0.3) is 0 Å². The minimum atomic E-state index is 0.199. The lowest BCUT2D eigenvalue weighted by atomic mass is 9.86. The minimum absolute atomic E-state index is 0.199. The van der Waals surface area contributed by atoms with Crippen LogP contribution in [0.5, 0.6) is 5.75 Å². The van der Waals surface area contributed by atoms with Gasteiger partial charge in [-0.25, -0.2) is 0 Å². The van der Waals surface area contributed by atoms with Crippen molar-refractivity contribution in [1.29, 1.82) is 0 Å². The van der Waals surface area contributed by atoms with Crippen LogP contribution >= 0.6 is 0 Å². The van der Waals surface area contributed by atoms with Gasteiger partial charge in [0, 0.05) is 13.0 Å². The number of amides is 1. The molecule has 2 saturated carbocycles. The molecule has 0 heterocycles. The van der Waals surface area contributed by atoms with Crippen LogP contribution < -0.4 is 10.1 Å². The average molecular weight is 273 g/mol. The van der Waals surface area contributed by atoms with Gasteiger partial charge in [0.25, 0.3) is 0 Å². The fourth-order valence-corrected chi connectivity index (χ4v) is 3.92. The number of carbonyl (C=O) groups excluding carboxylic acids is 1. The van der Waals surface area contributed by atoms with Gasteiger partial charge in [-0.15, -0.1) is 0 Å². The van der Waals surface area contributed by atoms with E-state index < -0.39 is 0 Å². The molecule has 108 valence electrons. The predicted molar refractivity (Wildman–Crippen MR) is 78.4 cm³/mol. The van der Waals surface area contributed by atoms with E-state index in [4.69, 9.17) is 4.74 Å². The highest BCUT2D eigenvalue weighted by atomic mass is 16.5. The fraction of sp³-hybridized carbons (Fsp3) is 0.588. The highest BCUT2D eigenvalue weighted by molar-refractivity contribution is 5.76. The van der Waals surface area contributed by atoms with Gasteiger partial charge in [0.15, 0.2) is 0 Å². The molecular formula is C17H23NO2. The van der Waals surface area contributed by atoms with Crippen molar-refractivity contribution in [3.05, 3.63) is 29.8 Å². The molecule has 2 bridgehead atoms. The summed E-state index contributed by atoms with van der Waals surface area (Å²) in [6, 6.07) is 7.86. The lowest BCUT2D eigenvalue weighted by molar-refractivity contribution is -0.122. The fourth-order valence-electron chi connectivity index (χ4n) is 3.92. The van der Waals surface area contributed by atoms with Crippen molar-refractivity contribution in [2.45, 2.75) is 38.6 Å². The number of nitrogens with one attached hydrogen (secondary N) is 1. The van der Waals surface area contributed by atoms with E-state index in [1.807, 2.05) is 24.3 Å². The molecule has 3 heteroatoms. The Bertz CT molecular complexity index is 486. The summed E-state index contributed by atoms with van der Waals surface area (Å²) in [5, 5.41) is 3.04. The van der Waals surface area contributed by atoms with Gasteiger partial charge in [0.1, 0.15) is 5.75 Å². The zero-order valence-electron chi connectivity index (χ0n) is 12.1. The van der Waals surface area contributed by atoms with Crippen molar-refractivity contribution in [3.63, 3.8) is 0 Å². The van der Waals surface area contributed by atoms with Gasteiger partial charge in [-0.2, -0.15) is 0 Å². The maximum atomic E-state index is 12.1. The number of rotatable bonds is 5. The monoisotopic (exact) mass is 273 g/mol. The van der Waals surface area contributed by atoms with Crippen LogP contribution in [0.1, 0.15) is 37.7 Å². The maximum Gasteiger partial charge on any atom is 0.220 e. The summed E-state index contributed by atoms with van der Waals surface area (Å²) in [7, 11) is 1.66. The van der Waals surface area contributed by atoms with Gasteiger partial charge < -0.3 is 10.1 Å². The molecule has 2 fully saturated rings. The molecule has 0 aliphatic heterocycles. The molecule has 3 nitrogen and oxygen atoms in total. The number of hydrogen-bond donors (Lipinski definition) is 1. The van der Waals surface area contributed by atoms with E-state index in [9.17, 15) is 4.79 Å². The van der Waals surface area contributed by atoms with Gasteiger partial charge in [-0.1, -0.05) is 18.6 Å². The Hall–Kier alpha value is -1.51. The first-order chi connectivity index (χ1) is 9.74. The minimum Gasteiger partial charge on any atom is -0.497 e. The van der Waals surface area contributed by atoms with E-state index >= 15 is 0 Å². The number of ether oxygens (including phenoxy) is 1. The van der Waals surface area contributed by atoms with Crippen molar-refractivity contribution in [3.8, 4) is 5.75 Å². The van der Waals surface area contributed by atoms with E-state index in [1.165, 1.54) is 25.7 Å². The molecule has 2 aliphatic carbocycles. The number of hydrogen-bond acceptors (Lipinski definition) is 2. The number of fused-ring (bicyclic) bond motifs is 2. The third-order valence-corrected chi connectivity index (χ3v) is 4.96. The van der Waals surface area contributed by atoms with Crippen LogP contribution in [0.15, 0.2) is 24.3 Å². The maximum absolute atomic E-state index is 12.1. The van der Waals surface area contributed by atoms with E-state index in [1.54, 1.807) is 7.11 Å². The highest BCUT2D eigenvalue weighted by Crippen LogP contribution is 2.49. The SMILES string of the molecule is COc1cccc(CNC(=O)C[C@@H]2C[C@H]3CC[C@H]2C3)c1. The molecule has 0 radical (unpaired) electrons. The van der Waals surface area contributed by atoms with Gasteiger partial charge >= 0.3 is 0 Å². The first-order valence-electron chi connectivity index (χ1n) is 7.64. The van der Waals surface area contributed by atoms with Crippen molar-refractivity contribution in [1.82, 2.24) is 5.32 Å². The van der Waals surface area contributed by atoms with E-state index in [0.29, 0.717) is 18.9 Å². The predicted octanol–water partition coefficient (Wildman–Crippen LogP) is 3.14. The number of benzene rings is 1.